The van der Waals surface area contributed by atoms with Crippen LogP contribution < -0.4 is 5.32 Å². The summed E-state index contributed by atoms with van der Waals surface area (Å²) in [6.07, 6.45) is 0. The molecule has 0 radical (unpaired) electrons. The standard InChI is InChI=1S/C16H16ClN3O2/c1-20(2)10-14(21)18-12-8-9-13(17)19-15(12)16(22)11-6-4-3-5-7-11/h3-9H,10H2,1-2H3,(H,18,21). The van der Waals surface area contributed by atoms with Crippen molar-refractivity contribution in [3.63, 3.8) is 0 Å². The fourth-order valence-electron chi connectivity index (χ4n) is 1.91. The van der Waals surface area contributed by atoms with E-state index in [9.17, 15) is 9.59 Å². The van der Waals surface area contributed by atoms with Crippen LogP contribution in [0.15, 0.2) is 42.5 Å². The summed E-state index contributed by atoms with van der Waals surface area (Å²) < 4.78 is 0. The summed E-state index contributed by atoms with van der Waals surface area (Å²) in [5, 5.41) is 2.90. The Balaban J connectivity index is 2.32. The van der Waals surface area contributed by atoms with Gasteiger partial charge in [-0.25, -0.2) is 4.98 Å². The Morgan fingerprint density at radius 2 is 1.82 bits per heavy atom. The van der Waals surface area contributed by atoms with Gasteiger partial charge in [0.2, 0.25) is 11.7 Å². The summed E-state index contributed by atoms with van der Waals surface area (Å²) in [6, 6.07) is 11.9. The number of benzene rings is 1. The second kappa shape index (κ2) is 7.15. The molecule has 0 atom stereocenters. The third-order valence-electron chi connectivity index (χ3n) is 2.85. The minimum absolute atomic E-state index is 0.130. The van der Waals surface area contributed by atoms with Gasteiger partial charge in [-0.05, 0) is 26.2 Å². The minimum Gasteiger partial charge on any atom is -0.323 e. The number of pyridine rings is 1. The Morgan fingerprint density at radius 3 is 2.45 bits per heavy atom. The topological polar surface area (TPSA) is 62.3 Å². The van der Waals surface area contributed by atoms with E-state index < -0.39 is 0 Å². The van der Waals surface area contributed by atoms with Crippen molar-refractivity contribution in [1.29, 1.82) is 0 Å². The molecule has 0 fully saturated rings. The van der Waals surface area contributed by atoms with E-state index in [1.165, 1.54) is 6.07 Å². The van der Waals surface area contributed by atoms with Crippen molar-refractivity contribution in [1.82, 2.24) is 9.88 Å². The molecule has 0 saturated heterocycles. The molecule has 5 nitrogen and oxygen atoms in total. The third kappa shape index (κ3) is 4.13. The highest BCUT2D eigenvalue weighted by atomic mass is 35.5. The largest absolute Gasteiger partial charge is 0.323 e. The van der Waals surface area contributed by atoms with Crippen LogP contribution in [0, 0.1) is 0 Å². The Kier molecular flexibility index (Phi) is 5.25. The summed E-state index contributed by atoms with van der Waals surface area (Å²) >= 11 is 5.88. The highest BCUT2D eigenvalue weighted by Gasteiger charge is 2.17. The van der Waals surface area contributed by atoms with Gasteiger partial charge in [0.1, 0.15) is 10.8 Å². The Bertz CT molecular complexity index is 687. The van der Waals surface area contributed by atoms with Gasteiger partial charge in [-0.1, -0.05) is 41.9 Å². The number of carbonyl (C=O) groups is 2. The lowest BCUT2D eigenvalue weighted by molar-refractivity contribution is -0.116. The molecular weight excluding hydrogens is 302 g/mol. The first-order valence-electron chi connectivity index (χ1n) is 6.68. The van der Waals surface area contributed by atoms with Gasteiger partial charge in [0, 0.05) is 5.56 Å². The zero-order valence-electron chi connectivity index (χ0n) is 12.3. The first-order chi connectivity index (χ1) is 10.5. The predicted molar refractivity (Wildman–Crippen MR) is 86.3 cm³/mol. The number of carbonyl (C=O) groups excluding carboxylic acids is 2. The number of likely N-dealkylation sites (N-methyl/N-ethyl adjacent to an activating group) is 1. The molecule has 1 aromatic carbocycles. The zero-order valence-corrected chi connectivity index (χ0v) is 13.1. The van der Waals surface area contributed by atoms with Gasteiger partial charge >= 0.3 is 0 Å². The van der Waals surface area contributed by atoms with E-state index >= 15 is 0 Å². The molecule has 0 aliphatic carbocycles. The van der Waals surface area contributed by atoms with E-state index in [-0.39, 0.29) is 29.1 Å². The minimum atomic E-state index is -0.289. The van der Waals surface area contributed by atoms with Crippen molar-refractivity contribution in [3.05, 3.63) is 58.9 Å². The third-order valence-corrected chi connectivity index (χ3v) is 3.06. The van der Waals surface area contributed by atoms with Crippen molar-refractivity contribution in [3.8, 4) is 0 Å². The monoisotopic (exact) mass is 317 g/mol. The van der Waals surface area contributed by atoms with Crippen LogP contribution in [0.5, 0.6) is 0 Å². The van der Waals surface area contributed by atoms with Gasteiger partial charge in [-0.3, -0.25) is 9.59 Å². The second-order valence-corrected chi connectivity index (χ2v) is 5.40. The summed E-state index contributed by atoms with van der Waals surface area (Å²) in [5.41, 5.74) is 0.969. The number of rotatable bonds is 5. The average molecular weight is 318 g/mol. The normalized spacial score (nSPS) is 10.5. The number of amides is 1. The number of anilines is 1. The number of nitrogens with zero attached hydrogens (tertiary/aromatic N) is 2. The van der Waals surface area contributed by atoms with Gasteiger partial charge in [0.25, 0.3) is 0 Å². The first-order valence-corrected chi connectivity index (χ1v) is 7.06. The van der Waals surface area contributed by atoms with E-state index in [1.54, 1.807) is 49.3 Å². The average Bonchev–Trinajstić information content (AvgIpc) is 2.48. The van der Waals surface area contributed by atoms with Gasteiger partial charge in [-0.2, -0.15) is 0 Å². The maximum Gasteiger partial charge on any atom is 0.238 e. The molecule has 1 N–H and O–H groups in total. The summed E-state index contributed by atoms with van der Waals surface area (Å²) in [5.74, 6) is -0.514. The SMILES string of the molecule is CN(C)CC(=O)Nc1ccc(Cl)nc1C(=O)c1ccccc1. The van der Waals surface area contributed by atoms with Crippen molar-refractivity contribution >= 4 is 29.0 Å². The quantitative estimate of drug-likeness (QED) is 0.680. The van der Waals surface area contributed by atoms with E-state index in [2.05, 4.69) is 10.3 Å². The molecule has 1 amide bonds. The lowest BCUT2D eigenvalue weighted by Crippen LogP contribution is -2.28. The number of ketones is 1. The van der Waals surface area contributed by atoms with Crippen LogP contribution in [0.4, 0.5) is 5.69 Å². The molecule has 1 aromatic heterocycles. The highest BCUT2D eigenvalue weighted by Crippen LogP contribution is 2.20. The van der Waals surface area contributed by atoms with Crippen molar-refractivity contribution in [2.75, 3.05) is 26.0 Å². The van der Waals surface area contributed by atoms with Crippen LogP contribution in [0.3, 0.4) is 0 Å². The molecule has 0 aliphatic heterocycles. The van der Waals surface area contributed by atoms with Crippen LogP contribution >= 0.6 is 11.6 Å². The van der Waals surface area contributed by atoms with Crippen LogP contribution in [-0.4, -0.2) is 42.2 Å². The molecular formula is C16H16ClN3O2. The fraction of sp³-hybridized carbons (Fsp3) is 0.188. The summed E-state index contributed by atoms with van der Waals surface area (Å²) in [6.45, 7) is 0.210. The smallest absolute Gasteiger partial charge is 0.238 e. The summed E-state index contributed by atoms with van der Waals surface area (Å²) in [7, 11) is 3.57. The molecule has 22 heavy (non-hydrogen) atoms. The fourth-order valence-corrected chi connectivity index (χ4v) is 2.06. The lowest BCUT2D eigenvalue weighted by atomic mass is 10.1. The Morgan fingerprint density at radius 1 is 1.14 bits per heavy atom. The second-order valence-electron chi connectivity index (χ2n) is 5.01. The zero-order chi connectivity index (χ0) is 16.1. The van der Waals surface area contributed by atoms with Gasteiger partial charge in [0.05, 0.1) is 12.2 Å². The Hall–Kier alpha value is -2.24. The van der Waals surface area contributed by atoms with E-state index in [1.807, 2.05) is 6.07 Å². The van der Waals surface area contributed by atoms with E-state index in [0.29, 0.717) is 11.3 Å². The number of nitrogens with one attached hydrogen (secondary N) is 1. The first kappa shape index (κ1) is 16.1. The molecule has 1 heterocycles. The molecule has 2 rings (SSSR count). The number of halogens is 1. The van der Waals surface area contributed by atoms with Crippen LogP contribution in [0.2, 0.25) is 5.15 Å². The Labute approximate surface area is 133 Å². The van der Waals surface area contributed by atoms with Crippen LogP contribution in [-0.2, 0) is 4.79 Å². The molecule has 2 aromatic rings. The van der Waals surface area contributed by atoms with Gasteiger partial charge in [0.15, 0.2) is 0 Å². The predicted octanol–water partition coefficient (Wildman–Crippen LogP) is 2.47. The number of hydrogen-bond donors (Lipinski definition) is 1. The lowest BCUT2D eigenvalue weighted by Gasteiger charge is -2.12. The number of hydrogen-bond acceptors (Lipinski definition) is 4. The maximum absolute atomic E-state index is 12.5. The highest BCUT2D eigenvalue weighted by molar-refractivity contribution is 6.30. The van der Waals surface area contributed by atoms with E-state index in [4.69, 9.17) is 11.6 Å². The molecule has 0 unspecified atom stereocenters. The summed E-state index contributed by atoms with van der Waals surface area (Å²) in [4.78, 5) is 30.2. The molecule has 0 aliphatic rings. The number of aromatic nitrogens is 1. The molecule has 0 saturated carbocycles. The van der Waals surface area contributed by atoms with Gasteiger partial charge < -0.3 is 10.2 Å². The van der Waals surface area contributed by atoms with Crippen molar-refractivity contribution in [2.45, 2.75) is 0 Å². The van der Waals surface area contributed by atoms with Gasteiger partial charge in [-0.15, -0.1) is 0 Å². The van der Waals surface area contributed by atoms with Crippen molar-refractivity contribution in [2.24, 2.45) is 0 Å². The molecule has 6 heteroatoms. The van der Waals surface area contributed by atoms with Crippen LogP contribution in [0.1, 0.15) is 16.1 Å². The van der Waals surface area contributed by atoms with Crippen molar-refractivity contribution < 1.29 is 9.59 Å². The molecule has 114 valence electrons. The molecule has 0 bridgehead atoms. The maximum atomic E-state index is 12.5. The van der Waals surface area contributed by atoms with Crippen LogP contribution in [0.25, 0.3) is 0 Å². The molecule has 0 spiro atoms. The van der Waals surface area contributed by atoms with E-state index in [0.717, 1.165) is 0 Å².